The molecule has 2 heterocycles. The minimum absolute atomic E-state index is 0.153. The van der Waals surface area contributed by atoms with Crippen molar-refractivity contribution in [2.45, 2.75) is 0 Å². The van der Waals surface area contributed by atoms with Crippen LogP contribution in [0.2, 0.25) is 10.0 Å². The minimum atomic E-state index is -0.153. The quantitative estimate of drug-likeness (QED) is 0.469. The summed E-state index contributed by atoms with van der Waals surface area (Å²) in [7, 11) is 0. The minimum Gasteiger partial charge on any atom is -0.268 e. The molecule has 0 radical (unpaired) electrons. The number of hydrogen-bond donors (Lipinski definition) is 0. The summed E-state index contributed by atoms with van der Waals surface area (Å²) in [6.45, 7) is 0. The van der Waals surface area contributed by atoms with Crippen molar-refractivity contribution in [3.63, 3.8) is 0 Å². The second-order valence-corrected chi connectivity index (χ2v) is 7.72. The van der Waals surface area contributed by atoms with Gasteiger partial charge in [-0.05, 0) is 53.7 Å². The van der Waals surface area contributed by atoms with Gasteiger partial charge in [0.25, 0.3) is 5.91 Å². The fraction of sp³-hybridized carbons (Fsp3) is 0. The zero-order chi connectivity index (χ0) is 19.5. The Kier molecular flexibility index (Phi) is 5.48. The second-order valence-electron chi connectivity index (χ2n) is 5.86. The van der Waals surface area contributed by atoms with Crippen LogP contribution in [0.5, 0.6) is 0 Å². The Morgan fingerprint density at radius 2 is 1.86 bits per heavy atom. The van der Waals surface area contributed by atoms with Crippen LogP contribution in [0.15, 0.2) is 83.0 Å². The van der Waals surface area contributed by atoms with E-state index in [2.05, 4.69) is 9.98 Å². The highest BCUT2D eigenvalue weighted by Crippen LogP contribution is 2.38. The normalized spacial score (nSPS) is 16.9. The van der Waals surface area contributed by atoms with Gasteiger partial charge < -0.3 is 0 Å². The number of hydrogen-bond acceptors (Lipinski definition) is 4. The first-order chi connectivity index (χ1) is 13.6. The van der Waals surface area contributed by atoms with Gasteiger partial charge in [-0.2, -0.15) is 0 Å². The maximum atomic E-state index is 13.2. The molecule has 0 saturated carbocycles. The highest BCUT2D eigenvalue weighted by Gasteiger charge is 2.34. The van der Waals surface area contributed by atoms with Crippen LogP contribution in [0.4, 0.5) is 11.4 Å². The van der Waals surface area contributed by atoms with E-state index in [0.717, 1.165) is 11.3 Å². The Labute approximate surface area is 176 Å². The summed E-state index contributed by atoms with van der Waals surface area (Å²) in [5.74, 6) is -0.153. The SMILES string of the molecule is O=C1/C(=C/c2cccc(Cl)c2)SC(=Nc2ccncc2Cl)N1c1ccccc1. The summed E-state index contributed by atoms with van der Waals surface area (Å²) >= 11 is 13.6. The van der Waals surface area contributed by atoms with Crippen LogP contribution in [0, 0.1) is 0 Å². The molecule has 4 rings (SSSR count). The molecule has 0 bridgehead atoms. The van der Waals surface area contributed by atoms with E-state index in [1.54, 1.807) is 23.2 Å². The number of halogens is 2. The Hall–Kier alpha value is -2.60. The third-order valence-electron chi connectivity index (χ3n) is 3.93. The topological polar surface area (TPSA) is 45.6 Å². The molecular weight excluding hydrogens is 413 g/mol. The zero-order valence-electron chi connectivity index (χ0n) is 14.4. The van der Waals surface area contributed by atoms with Crippen LogP contribution in [0.3, 0.4) is 0 Å². The number of rotatable bonds is 3. The first-order valence-electron chi connectivity index (χ1n) is 8.34. The average molecular weight is 426 g/mol. The molecule has 0 unspecified atom stereocenters. The van der Waals surface area contributed by atoms with E-state index < -0.39 is 0 Å². The predicted molar refractivity (Wildman–Crippen MR) is 117 cm³/mol. The fourth-order valence-electron chi connectivity index (χ4n) is 2.66. The molecule has 1 saturated heterocycles. The first-order valence-corrected chi connectivity index (χ1v) is 9.92. The van der Waals surface area contributed by atoms with Crippen molar-refractivity contribution >= 4 is 63.5 Å². The van der Waals surface area contributed by atoms with Crippen LogP contribution in [-0.2, 0) is 4.79 Å². The van der Waals surface area contributed by atoms with Crippen LogP contribution >= 0.6 is 35.0 Å². The maximum absolute atomic E-state index is 13.2. The highest BCUT2D eigenvalue weighted by molar-refractivity contribution is 8.19. The molecule has 4 nitrogen and oxygen atoms in total. The molecule has 0 N–H and O–H groups in total. The lowest BCUT2D eigenvalue weighted by atomic mass is 10.2. The number of pyridine rings is 1. The van der Waals surface area contributed by atoms with Gasteiger partial charge in [-0.3, -0.25) is 14.7 Å². The van der Waals surface area contributed by atoms with Gasteiger partial charge in [-0.15, -0.1) is 0 Å². The Morgan fingerprint density at radius 3 is 2.61 bits per heavy atom. The van der Waals surface area contributed by atoms with Gasteiger partial charge in [0, 0.05) is 17.4 Å². The number of para-hydroxylation sites is 1. The Bertz CT molecular complexity index is 1100. The molecule has 0 aliphatic carbocycles. The predicted octanol–water partition coefficient (Wildman–Crippen LogP) is 6.20. The Morgan fingerprint density at radius 1 is 1.04 bits per heavy atom. The van der Waals surface area contributed by atoms with Crippen LogP contribution in [-0.4, -0.2) is 16.1 Å². The lowest BCUT2D eigenvalue weighted by Gasteiger charge is -2.15. The van der Waals surface area contributed by atoms with Crippen molar-refractivity contribution in [1.82, 2.24) is 4.98 Å². The molecule has 138 valence electrons. The molecule has 1 fully saturated rings. The number of carbonyl (C=O) groups excluding carboxylic acids is 1. The summed E-state index contributed by atoms with van der Waals surface area (Å²) in [6, 6.07) is 18.4. The van der Waals surface area contributed by atoms with Gasteiger partial charge in [-0.25, -0.2) is 4.99 Å². The number of aliphatic imine (C=N–C) groups is 1. The monoisotopic (exact) mass is 425 g/mol. The summed E-state index contributed by atoms with van der Waals surface area (Å²) in [4.78, 5) is 23.9. The number of amides is 1. The largest absolute Gasteiger partial charge is 0.271 e. The summed E-state index contributed by atoms with van der Waals surface area (Å²) in [5, 5.41) is 1.56. The third kappa shape index (κ3) is 3.97. The second kappa shape index (κ2) is 8.19. The van der Waals surface area contributed by atoms with Crippen molar-refractivity contribution in [2.75, 3.05) is 4.90 Å². The zero-order valence-corrected chi connectivity index (χ0v) is 16.7. The molecular formula is C21H13Cl2N3OS. The lowest BCUT2D eigenvalue weighted by molar-refractivity contribution is -0.113. The van der Waals surface area contributed by atoms with E-state index in [9.17, 15) is 4.79 Å². The standard InChI is InChI=1S/C21H13Cl2N3OS/c22-15-6-4-5-14(11-15)12-19-20(27)26(16-7-2-1-3-8-16)21(28-19)25-18-9-10-24-13-17(18)23/h1-13H/b19-12-,25-21?. The van der Waals surface area contributed by atoms with E-state index in [0.29, 0.717) is 25.8 Å². The Balaban J connectivity index is 1.79. The van der Waals surface area contributed by atoms with E-state index in [-0.39, 0.29) is 5.91 Å². The van der Waals surface area contributed by atoms with Crippen molar-refractivity contribution < 1.29 is 4.79 Å². The third-order valence-corrected chi connectivity index (χ3v) is 5.43. The first kappa shape index (κ1) is 18.7. The lowest BCUT2D eigenvalue weighted by Crippen LogP contribution is -2.28. The molecule has 7 heteroatoms. The molecule has 1 aliphatic heterocycles. The summed E-state index contributed by atoms with van der Waals surface area (Å²) in [5.41, 5.74) is 2.13. The van der Waals surface area contributed by atoms with E-state index >= 15 is 0 Å². The molecule has 1 aromatic heterocycles. The summed E-state index contributed by atoms with van der Waals surface area (Å²) in [6.07, 6.45) is 4.95. The fourth-order valence-corrected chi connectivity index (χ4v) is 4.02. The van der Waals surface area contributed by atoms with Crippen LogP contribution in [0.25, 0.3) is 6.08 Å². The summed E-state index contributed by atoms with van der Waals surface area (Å²) < 4.78 is 0. The van der Waals surface area contributed by atoms with Crippen LogP contribution < -0.4 is 4.90 Å². The van der Waals surface area contributed by atoms with E-state index in [1.807, 2.05) is 54.6 Å². The van der Waals surface area contributed by atoms with Gasteiger partial charge in [-0.1, -0.05) is 53.5 Å². The highest BCUT2D eigenvalue weighted by atomic mass is 35.5. The number of aromatic nitrogens is 1. The number of benzene rings is 2. The maximum Gasteiger partial charge on any atom is 0.271 e. The number of amidine groups is 1. The molecule has 1 aliphatic rings. The van der Waals surface area contributed by atoms with Gasteiger partial charge >= 0.3 is 0 Å². The van der Waals surface area contributed by atoms with E-state index in [1.165, 1.54) is 18.0 Å². The number of nitrogens with zero attached hydrogens (tertiary/aromatic N) is 3. The van der Waals surface area contributed by atoms with Gasteiger partial charge in [0.1, 0.15) is 0 Å². The van der Waals surface area contributed by atoms with Crippen LogP contribution in [0.1, 0.15) is 5.56 Å². The van der Waals surface area contributed by atoms with E-state index in [4.69, 9.17) is 23.2 Å². The van der Waals surface area contributed by atoms with Crippen molar-refractivity contribution in [1.29, 1.82) is 0 Å². The van der Waals surface area contributed by atoms with Gasteiger partial charge in [0.05, 0.1) is 21.3 Å². The molecule has 0 atom stereocenters. The van der Waals surface area contributed by atoms with Crippen molar-refractivity contribution in [3.05, 3.63) is 93.6 Å². The molecule has 2 aromatic carbocycles. The van der Waals surface area contributed by atoms with Crippen molar-refractivity contribution in [2.24, 2.45) is 4.99 Å². The van der Waals surface area contributed by atoms with Gasteiger partial charge in [0.15, 0.2) is 5.17 Å². The molecule has 28 heavy (non-hydrogen) atoms. The molecule has 0 spiro atoms. The molecule has 1 amide bonds. The number of carbonyl (C=O) groups is 1. The smallest absolute Gasteiger partial charge is 0.268 e. The molecule has 3 aromatic rings. The van der Waals surface area contributed by atoms with Gasteiger partial charge in [0.2, 0.25) is 0 Å². The number of thioether (sulfide) groups is 1. The number of anilines is 1. The average Bonchev–Trinajstić information content (AvgIpc) is 2.99. The van der Waals surface area contributed by atoms with Crippen molar-refractivity contribution in [3.8, 4) is 0 Å².